The summed E-state index contributed by atoms with van der Waals surface area (Å²) in [6.45, 7) is 0. The van der Waals surface area contributed by atoms with Crippen molar-refractivity contribution in [3.05, 3.63) is 35.6 Å². The fraction of sp³-hybridized carbons (Fsp3) is 0.417. The molecule has 1 heterocycles. The summed E-state index contributed by atoms with van der Waals surface area (Å²) in [5, 5.41) is 9.14. The molecular weight excluding hydrogens is 241 g/mol. The Labute approximate surface area is 99.8 Å². The fourth-order valence-corrected chi connectivity index (χ4v) is 4.05. The van der Waals surface area contributed by atoms with Gasteiger partial charge < -0.3 is 0 Å². The molecule has 3 nitrogen and oxygen atoms in total. The Morgan fingerprint density at radius 3 is 2.47 bits per heavy atom. The van der Waals surface area contributed by atoms with E-state index >= 15 is 0 Å². The van der Waals surface area contributed by atoms with E-state index in [0.717, 1.165) is 0 Å². The Morgan fingerprint density at radius 2 is 2.00 bits per heavy atom. The Bertz CT molecular complexity index is 545. The first-order chi connectivity index (χ1) is 8.02. The van der Waals surface area contributed by atoms with Crippen LogP contribution in [0.2, 0.25) is 0 Å². The Morgan fingerprint density at radius 1 is 1.35 bits per heavy atom. The second kappa shape index (κ2) is 4.46. The molecule has 2 rings (SSSR count). The molecule has 1 fully saturated rings. The van der Waals surface area contributed by atoms with E-state index in [1.165, 1.54) is 12.1 Å². The van der Waals surface area contributed by atoms with Gasteiger partial charge in [0.15, 0.2) is 9.84 Å². The molecule has 1 aliphatic heterocycles. The number of hydrogen-bond acceptors (Lipinski definition) is 3. The minimum Gasteiger partial charge on any atom is -0.229 e. The lowest BCUT2D eigenvalue weighted by Gasteiger charge is -2.15. The molecule has 2 atom stereocenters. The number of benzene rings is 1. The summed E-state index contributed by atoms with van der Waals surface area (Å²) < 4.78 is 35.5. The number of nitriles is 1. The molecule has 0 saturated carbocycles. The van der Waals surface area contributed by atoms with E-state index in [-0.39, 0.29) is 23.2 Å². The molecule has 1 aliphatic rings. The smallest absolute Gasteiger partial charge is 0.150 e. The van der Waals surface area contributed by atoms with Crippen molar-refractivity contribution in [1.29, 1.82) is 5.26 Å². The standard InChI is InChI=1S/C12H12FNO2S/c13-11-3-1-9(2-4-11)12(7-14)10-5-6-17(15,16)8-10/h1-4,10,12H,5-6,8H2. The maximum atomic E-state index is 12.8. The van der Waals surface area contributed by atoms with E-state index in [9.17, 15) is 12.8 Å². The topological polar surface area (TPSA) is 57.9 Å². The van der Waals surface area contributed by atoms with Gasteiger partial charge in [0.1, 0.15) is 5.82 Å². The normalized spacial score (nSPS) is 24.1. The summed E-state index contributed by atoms with van der Waals surface area (Å²) in [4.78, 5) is 0. The van der Waals surface area contributed by atoms with E-state index in [0.29, 0.717) is 12.0 Å². The first-order valence-corrected chi connectivity index (χ1v) is 7.19. The zero-order valence-corrected chi connectivity index (χ0v) is 9.95. The van der Waals surface area contributed by atoms with Crippen LogP contribution in [0.15, 0.2) is 24.3 Å². The molecule has 0 spiro atoms. The van der Waals surface area contributed by atoms with Crippen LogP contribution in [0.1, 0.15) is 17.9 Å². The summed E-state index contributed by atoms with van der Waals surface area (Å²) in [7, 11) is -2.99. The molecule has 1 aromatic rings. The van der Waals surface area contributed by atoms with Crippen molar-refractivity contribution >= 4 is 9.84 Å². The van der Waals surface area contributed by atoms with E-state index in [4.69, 9.17) is 5.26 Å². The maximum absolute atomic E-state index is 12.8. The summed E-state index contributed by atoms with van der Waals surface area (Å²) >= 11 is 0. The predicted molar refractivity (Wildman–Crippen MR) is 61.5 cm³/mol. The molecule has 1 aromatic carbocycles. The molecule has 2 unspecified atom stereocenters. The molecular formula is C12H12FNO2S. The number of halogens is 1. The number of sulfone groups is 1. The minimum absolute atomic E-state index is 0.0581. The van der Waals surface area contributed by atoms with Crippen molar-refractivity contribution in [3.8, 4) is 6.07 Å². The third-order valence-electron chi connectivity index (χ3n) is 3.11. The lowest BCUT2D eigenvalue weighted by Crippen LogP contribution is -2.13. The quantitative estimate of drug-likeness (QED) is 0.808. The predicted octanol–water partition coefficient (Wildman–Crippen LogP) is 1.87. The van der Waals surface area contributed by atoms with Crippen molar-refractivity contribution in [2.45, 2.75) is 12.3 Å². The van der Waals surface area contributed by atoms with Crippen molar-refractivity contribution in [2.75, 3.05) is 11.5 Å². The first kappa shape index (κ1) is 12.1. The van der Waals surface area contributed by atoms with Crippen LogP contribution >= 0.6 is 0 Å². The van der Waals surface area contributed by atoms with Crippen molar-refractivity contribution in [1.82, 2.24) is 0 Å². The van der Waals surface area contributed by atoms with Crippen LogP contribution < -0.4 is 0 Å². The van der Waals surface area contributed by atoms with Crippen LogP contribution in [-0.4, -0.2) is 19.9 Å². The lowest BCUT2D eigenvalue weighted by atomic mass is 9.87. The van der Waals surface area contributed by atoms with Gasteiger partial charge in [-0.15, -0.1) is 0 Å². The largest absolute Gasteiger partial charge is 0.229 e. The van der Waals surface area contributed by atoms with Crippen molar-refractivity contribution < 1.29 is 12.8 Å². The molecule has 0 aromatic heterocycles. The molecule has 0 aliphatic carbocycles. The fourth-order valence-electron chi connectivity index (χ4n) is 2.21. The van der Waals surface area contributed by atoms with Crippen LogP contribution in [-0.2, 0) is 9.84 Å². The monoisotopic (exact) mass is 253 g/mol. The summed E-state index contributed by atoms with van der Waals surface area (Å²) in [5.41, 5.74) is 0.691. The highest BCUT2D eigenvalue weighted by Gasteiger charge is 2.34. The Kier molecular flexibility index (Phi) is 3.16. The SMILES string of the molecule is N#CC(c1ccc(F)cc1)C1CCS(=O)(=O)C1. The van der Waals surface area contributed by atoms with Crippen LogP contribution in [0.4, 0.5) is 4.39 Å². The molecule has 0 bridgehead atoms. The van der Waals surface area contributed by atoms with Crippen LogP contribution in [0.5, 0.6) is 0 Å². The molecule has 17 heavy (non-hydrogen) atoms. The maximum Gasteiger partial charge on any atom is 0.150 e. The van der Waals surface area contributed by atoms with Gasteiger partial charge in [-0.3, -0.25) is 0 Å². The number of nitrogens with zero attached hydrogens (tertiary/aromatic N) is 1. The van der Waals surface area contributed by atoms with Gasteiger partial charge in [-0.2, -0.15) is 5.26 Å². The van der Waals surface area contributed by atoms with Gasteiger partial charge in [0, 0.05) is 0 Å². The van der Waals surface area contributed by atoms with Gasteiger partial charge in [0.05, 0.1) is 23.5 Å². The minimum atomic E-state index is -2.99. The Hall–Kier alpha value is -1.41. The van der Waals surface area contributed by atoms with Gasteiger partial charge >= 0.3 is 0 Å². The molecule has 90 valence electrons. The van der Waals surface area contributed by atoms with Crippen LogP contribution in [0.25, 0.3) is 0 Å². The second-order valence-electron chi connectivity index (χ2n) is 4.32. The van der Waals surface area contributed by atoms with E-state index < -0.39 is 15.8 Å². The lowest BCUT2D eigenvalue weighted by molar-refractivity contribution is 0.539. The highest BCUT2D eigenvalue weighted by Crippen LogP contribution is 2.32. The van der Waals surface area contributed by atoms with Gasteiger partial charge in [-0.1, -0.05) is 12.1 Å². The van der Waals surface area contributed by atoms with Crippen molar-refractivity contribution in [2.24, 2.45) is 5.92 Å². The van der Waals surface area contributed by atoms with Crippen molar-refractivity contribution in [3.63, 3.8) is 0 Å². The summed E-state index contributed by atoms with van der Waals surface area (Å²) in [6, 6.07) is 7.82. The van der Waals surface area contributed by atoms with Crippen LogP contribution in [0.3, 0.4) is 0 Å². The van der Waals surface area contributed by atoms with E-state index in [1.807, 2.05) is 0 Å². The molecule has 0 radical (unpaired) electrons. The summed E-state index contributed by atoms with van der Waals surface area (Å²) in [6.07, 6.45) is 0.512. The molecule has 5 heteroatoms. The second-order valence-corrected chi connectivity index (χ2v) is 6.55. The van der Waals surface area contributed by atoms with E-state index in [1.54, 1.807) is 12.1 Å². The highest BCUT2D eigenvalue weighted by atomic mass is 32.2. The third kappa shape index (κ3) is 2.64. The summed E-state index contributed by atoms with van der Waals surface area (Å²) in [5.74, 6) is -0.785. The van der Waals surface area contributed by atoms with Gasteiger partial charge in [0.2, 0.25) is 0 Å². The number of rotatable bonds is 2. The molecule has 0 N–H and O–H groups in total. The third-order valence-corrected chi connectivity index (χ3v) is 4.90. The first-order valence-electron chi connectivity index (χ1n) is 5.37. The van der Waals surface area contributed by atoms with Crippen LogP contribution in [0, 0.1) is 23.1 Å². The average Bonchev–Trinajstić information content (AvgIpc) is 2.63. The van der Waals surface area contributed by atoms with E-state index in [2.05, 4.69) is 6.07 Å². The Balaban J connectivity index is 2.24. The van der Waals surface area contributed by atoms with Gasteiger partial charge in [0.25, 0.3) is 0 Å². The molecule has 0 amide bonds. The van der Waals surface area contributed by atoms with Gasteiger partial charge in [-0.05, 0) is 30.0 Å². The molecule has 1 saturated heterocycles. The zero-order chi connectivity index (χ0) is 12.5. The highest BCUT2D eigenvalue weighted by molar-refractivity contribution is 7.91. The number of hydrogen-bond donors (Lipinski definition) is 0. The van der Waals surface area contributed by atoms with Gasteiger partial charge in [-0.25, -0.2) is 12.8 Å². The zero-order valence-electron chi connectivity index (χ0n) is 9.14. The average molecular weight is 253 g/mol.